The van der Waals surface area contributed by atoms with Crippen molar-refractivity contribution in [3.05, 3.63) is 24.0 Å². The molecule has 16 heavy (non-hydrogen) atoms. The lowest BCUT2D eigenvalue weighted by Crippen LogP contribution is -2.21. The number of hydrogen-bond acceptors (Lipinski definition) is 3. The Bertz CT molecular complexity index is 351. The Morgan fingerprint density at radius 1 is 1.31 bits per heavy atom. The summed E-state index contributed by atoms with van der Waals surface area (Å²) in [6.45, 7) is 3.54. The average molecular weight is 240 g/mol. The zero-order chi connectivity index (χ0) is 11.4. The quantitative estimate of drug-likeness (QED) is 0.648. The van der Waals surface area contributed by atoms with Gasteiger partial charge in [-0.3, -0.25) is 0 Å². The third-order valence-corrected chi connectivity index (χ3v) is 3.91. The lowest BCUT2D eigenvalue weighted by molar-refractivity contribution is 0.362. The second-order valence-electron chi connectivity index (χ2n) is 4.08. The molecule has 4 heteroatoms. The fourth-order valence-electron chi connectivity index (χ4n) is 1.94. The molecule has 1 saturated heterocycles. The number of anilines is 1. The van der Waals surface area contributed by atoms with Crippen LogP contribution < -0.4 is 5.73 Å². The van der Waals surface area contributed by atoms with Crippen molar-refractivity contribution in [2.75, 3.05) is 31.1 Å². The van der Waals surface area contributed by atoms with Crippen LogP contribution in [-0.2, 0) is 0 Å². The maximum atomic E-state index is 12.8. The maximum Gasteiger partial charge on any atom is 0.125 e. The number of thioether (sulfide) groups is 1. The van der Waals surface area contributed by atoms with E-state index in [9.17, 15) is 4.39 Å². The summed E-state index contributed by atoms with van der Waals surface area (Å²) in [5.41, 5.74) is 6.29. The van der Waals surface area contributed by atoms with Gasteiger partial charge in [0.05, 0.1) is 0 Å². The molecule has 0 unspecified atom stereocenters. The summed E-state index contributed by atoms with van der Waals surface area (Å²) in [5, 5.41) is 0. The van der Waals surface area contributed by atoms with Crippen LogP contribution in [0.15, 0.2) is 23.1 Å². The van der Waals surface area contributed by atoms with Gasteiger partial charge in [-0.1, -0.05) is 0 Å². The zero-order valence-electron chi connectivity index (χ0n) is 9.29. The van der Waals surface area contributed by atoms with Gasteiger partial charge in [-0.25, -0.2) is 4.39 Å². The number of nitrogens with zero attached hydrogens (tertiary/aromatic N) is 1. The third kappa shape index (κ3) is 3.12. The first kappa shape index (κ1) is 11.7. The van der Waals surface area contributed by atoms with Crippen LogP contribution in [0.1, 0.15) is 12.8 Å². The van der Waals surface area contributed by atoms with Crippen LogP contribution in [0.5, 0.6) is 0 Å². The van der Waals surface area contributed by atoms with Gasteiger partial charge in [0, 0.05) is 22.9 Å². The summed E-state index contributed by atoms with van der Waals surface area (Å²) >= 11 is 1.71. The highest BCUT2D eigenvalue weighted by atomic mass is 32.2. The molecule has 1 aliphatic rings. The summed E-state index contributed by atoms with van der Waals surface area (Å²) in [7, 11) is 0. The Labute approximate surface area is 100 Å². The lowest BCUT2D eigenvalue weighted by atomic mass is 10.3. The fraction of sp³-hybridized carbons (Fsp3) is 0.500. The zero-order valence-corrected chi connectivity index (χ0v) is 10.1. The molecule has 1 aromatic rings. The van der Waals surface area contributed by atoms with Gasteiger partial charge >= 0.3 is 0 Å². The van der Waals surface area contributed by atoms with Gasteiger partial charge in [0.15, 0.2) is 0 Å². The van der Waals surface area contributed by atoms with Gasteiger partial charge in [-0.15, -0.1) is 11.8 Å². The molecule has 2 N–H and O–H groups in total. The number of nitrogens with two attached hydrogens (primary N) is 1. The van der Waals surface area contributed by atoms with E-state index in [0.717, 1.165) is 17.2 Å². The minimum Gasteiger partial charge on any atom is -0.398 e. The molecule has 2 rings (SSSR count). The molecule has 1 heterocycles. The number of hydrogen-bond donors (Lipinski definition) is 1. The van der Waals surface area contributed by atoms with Crippen LogP contribution in [0, 0.1) is 5.82 Å². The molecular weight excluding hydrogens is 223 g/mol. The Kier molecular flexibility index (Phi) is 4.07. The monoisotopic (exact) mass is 240 g/mol. The SMILES string of the molecule is Nc1cc(F)ccc1SCCN1CCCC1. The van der Waals surface area contributed by atoms with Crippen molar-refractivity contribution in [3.63, 3.8) is 0 Å². The van der Waals surface area contributed by atoms with Gasteiger partial charge < -0.3 is 10.6 Å². The number of rotatable bonds is 4. The molecule has 0 radical (unpaired) electrons. The Morgan fingerprint density at radius 2 is 2.06 bits per heavy atom. The Hall–Kier alpha value is -0.740. The summed E-state index contributed by atoms with van der Waals surface area (Å²) in [6.07, 6.45) is 2.65. The largest absolute Gasteiger partial charge is 0.398 e. The minimum absolute atomic E-state index is 0.263. The van der Waals surface area contributed by atoms with Crippen LogP contribution in [0.2, 0.25) is 0 Å². The molecule has 0 bridgehead atoms. The first-order chi connectivity index (χ1) is 7.75. The fourth-order valence-corrected chi connectivity index (χ4v) is 2.90. The van der Waals surface area contributed by atoms with Crippen molar-refractivity contribution in [2.45, 2.75) is 17.7 Å². The molecule has 1 aliphatic heterocycles. The Morgan fingerprint density at radius 3 is 2.75 bits per heavy atom. The number of halogens is 1. The van der Waals surface area contributed by atoms with Crippen molar-refractivity contribution >= 4 is 17.4 Å². The standard InChI is InChI=1S/C12H17FN2S/c13-10-3-4-12(11(14)9-10)16-8-7-15-5-1-2-6-15/h3-4,9H,1-2,5-8,14H2. The molecule has 1 aromatic carbocycles. The van der Waals surface area contributed by atoms with E-state index in [1.165, 1.54) is 38.1 Å². The van der Waals surface area contributed by atoms with Crippen molar-refractivity contribution in [1.29, 1.82) is 0 Å². The number of nitrogen functional groups attached to an aromatic ring is 1. The number of likely N-dealkylation sites (tertiary alicyclic amines) is 1. The van der Waals surface area contributed by atoms with Gasteiger partial charge in [-0.2, -0.15) is 0 Å². The van der Waals surface area contributed by atoms with E-state index in [1.807, 2.05) is 0 Å². The first-order valence-electron chi connectivity index (χ1n) is 5.66. The molecule has 0 saturated carbocycles. The summed E-state index contributed by atoms with van der Waals surface area (Å²) in [6, 6.07) is 4.62. The van der Waals surface area contributed by atoms with Crippen LogP contribution in [0.3, 0.4) is 0 Å². The third-order valence-electron chi connectivity index (χ3n) is 2.84. The van der Waals surface area contributed by atoms with Gasteiger partial charge in [0.25, 0.3) is 0 Å². The van der Waals surface area contributed by atoms with E-state index in [4.69, 9.17) is 5.73 Å². The molecule has 0 aromatic heterocycles. The summed E-state index contributed by atoms with van der Waals surface area (Å²) < 4.78 is 12.8. The second-order valence-corrected chi connectivity index (χ2v) is 5.22. The molecule has 88 valence electrons. The molecule has 2 nitrogen and oxygen atoms in total. The van der Waals surface area contributed by atoms with Gasteiger partial charge in [0.1, 0.15) is 5.82 Å². The van der Waals surface area contributed by atoms with Gasteiger partial charge in [0.2, 0.25) is 0 Å². The molecule has 1 fully saturated rings. The predicted octanol–water partition coefficient (Wildman–Crippen LogP) is 2.60. The molecule has 0 aliphatic carbocycles. The average Bonchev–Trinajstić information content (AvgIpc) is 2.74. The highest BCUT2D eigenvalue weighted by Crippen LogP contribution is 2.25. The first-order valence-corrected chi connectivity index (χ1v) is 6.64. The van der Waals surface area contributed by atoms with E-state index in [0.29, 0.717) is 5.69 Å². The Balaban J connectivity index is 1.80. The predicted molar refractivity (Wildman–Crippen MR) is 67.2 cm³/mol. The van der Waals surface area contributed by atoms with Crippen LogP contribution in [-0.4, -0.2) is 30.3 Å². The summed E-state index contributed by atoms with van der Waals surface area (Å²) in [4.78, 5) is 3.45. The molecule has 0 amide bonds. The normalized spacial score (nSPS) is 16.8. The number of benzene rings is 1. The van der Waals surface area contributed by atoms with Gasteiger partial charge in [-0.05, 0) is 44.1 Å². The van der Waals surface area contributed by atoms with Crippen molar-refractivity contribution in [2.24, 2.45) is 0 Å². The minimum atomic E-state index is -0.263. The van der Waals surface area contributed by atoms with E-state index in [-0.39, 0.29) is 5.82 Å². The molecule has 0 atom stereocenters. The van der Waals surface area contributed by atoms with E-state index >= 15 is 0 Å². The van der Waals surface area contributed by atoms with Crippen molar-refractivity contribution in [1.82, 2.24) is 4.90 Å². The topological polar surface area (TPSA) is 29.3 Å². The van der Waals surface area contributed by atoms with E-state index < -0.39 is 0 Å². The smallest absolute Gasteiger partial charge is 0.125 e. The van der Waals surface area contributed by atoms with Crippen LogP contribution in [0.25, 0.3) is 0 Å². The molecule has 0 spiro atoms. The maximum absolute atomic E-state index is 12.8. The van der Waals surface area contributed by atoms with Crippen LogP contribution >= 0.6 is 11.8 Å². The van der Waals surface area contributed by atoms with E-state index in [1.54, 1.807) is 17.8 Å². The lowest BCUT2D eigenvalue weighted by Gasteiger charge is -2.14. The molecular formula is C12H17FN2S. The highest BCUT2D eigenvalue weighted by molar-refractivity contribution is 7.99. The van der Waals surface area contributed by atoms with E-state index in [2.05, 4.69) is 4.90 Å². The van der Waals surface area contributed by atoms with Crippen LogP contribution in [0.4, 0.5) is 10.1 Å². The highest BCUT2D eigenvalue weighted by Gasteiger charge is 2.11. The second kappa shape index (κ2) is 5.55. The summed E-state index contributed by atoms with van der Waals surface area (Å²) in [5.74, 6) is 0.761. The van der Waals surface area contributed by atoms with Crippen molar-refractivity contribution < 1.29 is 4.39 Å². The van der Waals surface area contributed by atoms with Crippen molar-refractivity contribution in [3.8, 4) is 0 Å².